The molecular formula is C17H31N3O. The van der Waals surface area contributed by atoms with Gasteiger partial charge in [0.2, 0.25) is 5.91 Å². The highest BCUT2D eigenvalue weighted by Gasteiger charge is 2.32. The predicted molar refractivity (Wildman–Crippen MR) is 85.1 cm³/mol. The topological polar surface area (TPSA) is 44.4 Å². The van der Waals surface area contributed by atoms with Gasteiger partial charge in [0.25, 0.3) is 0 Å². The van der Waals surface area contributed by atoms with Crippen molar-refractivity contribution >= 4 is 5.91 Å². The van der Waals surface area contributed by atoms with Gasteiger partial charge < -0.3 is 15.5 Å². The van der Waals surface area contributed by atoms with Crippen LogP contribution in [0.1, 0.15) is 51.9 Å². The Bertz CT molecular complexity index is 342. The van der Waals surface area contributed by atoms with Crippen molar-refractivity contribution in [3.05, 3.63) is 0 Å². The predicted octanol–water partition coefficient (Wildman–Crippen LogP) is 1.76. The SMILES string of the molecule is CC(CC(=O)NC1CCN(C2CC2)CC1)C1CCNCC1. The second-order valence-electron chi connectivity index (χ2n) is 7.38. The first-order valence-corrected chi connectivity index (χ1v) is 8.96. The van der Waals surface area contributed by atoms with Gasteiger partial charge in [-0.3, -0.25) is 4.79 Å². The van der Waals surface area contributed by atoms with Crippen LogP contribution in [0.25, 0.3) is 0 Å². The summed E-state index contributed by atoms with van der Waals surface area (Å²) in [7, 11) is 0. The van der Waals surface area contributed by atoms with E-state index in [-0.39, 0.29) is 5.91 Å². The monoisotopic (exact) mass is 293 g/mol. The van der Waals surface area contributed by atoms with E-state index in [4.69, 9.17) is 0 Å². The average molecular weight is 293 g/mol. The minimum Gasteiger partial charge on any atom is -0.353 e. The van der Waals surface area contributed by atoms with E-state index in [0.717, 1.165) is 37.9 Å². The van der Waals surface area contributed by atoms with Crippen LogP contribution < -0.4 is 10.6 Å². The van der Waals surface area contributed by atoms with Crippen molar-refractivity contribution in [1.82, 2.24) is 15.5 Å². The smallest absolute Gasteiger partial charge is 0.220 e. The van der Waals surface area contributed by atoms with E-state index in [1.165, 1.54) is 38.8 Å². The van der Waals surface area contributed by atoms with E-state index in [9.17, 15) is 4.79 Å². The summed E-state index contributed by atoms with van der Waals surface area (Å²) in [6, 6.07) is 1.30. The van der Waals surface area contributed by atoms with E-state index in [1.807, 2.05) is 0 Å². The molecular weight excluding hydrogens is 262 g/mol. The van der Waals surface area contributed by atoms with E-state index in [0.29, 0.717) is 18.4 Å². The van der Waals surface area contributed by atoms with Gasteiger partial charge in [0.15, 0.2) is 0 Å². The minimum absolute atomic E-state index is 0.283. The minimum atomic E-state index is 0.283. The first-order valence-electron chi connectivity index (χ1n) is 8.96. The maximum atomic E-state index is 12.3. The molecule has 3 fully saturated rings. The molecule has 2 N–H and O–H groups in total. The Labute approximate surface area is 129 Å². The number of hydrogen-bond donors (Lipinski definition) is 2. The third-order valence-electron chi connectivity index (χ3n) is 5.65. The number of rotatable bonds is 5. The molecule has 4 heteroatoms. The van der Waals surface area contributed by atoms with E-state index < -0.39 is 0 Å². The highest BCUT2D eigenvalue weighted by atomic mass is 16.1. The third-order valence-corrected chi connectivity index (χ3v) is 5.65. The number of carbonyl (C=O) groups is 1. The van der Waals surface area contributed by atoms with Gasteiger partial charge in [0.05, 0.1) is 0 Å². The van der Waals surface area contributed by atoms with Crippen LogP contribution in [-0.2, 0) is 4.79 Å². The molecule has 3 aliphatic rings. The van der Waals surface area contributed by atoms with Crippen LogP contribution in [0.4, 0.5) is 0 Å². The molecule has 120 valence electrons. The van der Waals surface area contributed by atoms with Crippen LogP contribution in [0.3, 0.4) is 0 Å². The highest BCUT2D eigenvalue weighted by Crippen LogP contribution is 2.29. The van der Waals surface area contributed by atoms with E-state index in [1.54, 1.807) is 0 Å². The molecule has 1 unspecified atom stereocenters. The van der Waals surface area contributed by atoms with Crippen LogP contribution in [0, 0.1) is 11.8 Å². The Morgan fingerprint density at radius 1 is 1.14 bits per heavy atom. The molecule has 3 rings (SSSR count). The largest absolute Gasteiger partial charge is 0.353 e. The Morgan fingerprint density at radius 2 is 1.81 bits per heavy atom. The van der Waals surface area contributed by atoms with Crippen LogP contribution in [0.2, 0.25) is 0 Å². The quantitative estimate of drug-likeness (QED) is 0.812. The van der Waals surface area contributed by atoms with Gasteiger partial charge in [-0.15, -0.1) is 0 Å². The van der Waals surface area contributed by atoms with E-state index in [2.05, 4.69) is 22.5 Å². The molecule has 0 aromatic carbocycles. The van der Waals surface area contributed by atoms with Gasteiger partial charge in [-0.1, -0.05) is 6.92 Å². The van der Waals surface area contributed by atoms with Gasteiger partial charge in [-0.05, 0) is 63.5 Å². The van der Waals surface area contributed by atoms with Crippen LogP contribution in [-0.4, -0.2) is 49.1 Å². The number of hydrogen-bond acceptors (Lipinski definition) is 3. The van der Waals surface area contributed by atoms with Gasteiger partial charge in [-0.25, -0.2) is 0 Å². The Kier molecular flexibility index (Phi) is 5.17. The molecule has 1 amide bonds. The highest BCUT2D eigenvalue weighted by molar-refractivity contribution is 5.76. The standard InChI is InChI=1S/C17H31N3O/c1-13(14-4-8-18-9-5-14)12-17(21)19-15-6-10-20(11-7-15)16-2-3-16/h13-16,18H,2-12H2,1H3,(H,19,21). The summed E-state index contributed by atoms with van der Waals surface area (Å²) in [6.45, 7) is 6.86. The van der Waals surface area contributed by atoms with Crippen molar-refractivity contribution in [1.29, 1.82) is 0 Å². The summed E-state index contributed by atoms with van der Waals surface area (Å²) in [5.41, 5.74) is 0. The van der Waals surface area contributed by atoms with Gasteiger partial charge in [0, 0.05) is 31.6 Å². The summed E-state index contributed by atoms with van der Waals surface area (Å²) >= 11 is 0. The lowest BCUT2D eigenvalue weighted by atomic mass is 9.84. The van der Waals surface area contributed by atoms with Crippen LogP contribution in [0.15, 0.2) is 0 Å². The first kappa shape index (κ1) is 15.3. The molecule has 2 saturated heterocycles. The summed E-state index contributed by atoms with van der Waals surface area (Å²) < 4.78 is 0. The Hall–Kier alpha value is -0.610. The van der Waals surface area contributed by atoms with Gasteiger partial charge in [0.1, 0.15) is 0 Å². The molecule has 1 aliphatic carbocycles. The number of amides is 1. The third kappa shape index (κ3) is 4.43. The van der Waals surface area contributed by atoms with Crippen molar-refractivity contribution in [2.45, 2.75) is 64.0 Å². The molecule has 0 aromatic heterocycles. The van der Waals surface area contributed by atoms with Crippen LogP contribution >= 0.6 is 0 Å². The molecule has 0 bridgehead atoms. The zero-order valence-electron chi connectivity index (χ0n) is 13.4. The van der Waals surface area contributed by atoms with Crippen molar-refractivity contribution in [3.8, 4) is 0 Å². The van der Waals surface area contributed by atoms with E-state index >= 15 is 0 Å². The van der Waals surface area contributed by atoms with Crippen LogP contribution in [0.5, 0.6) is 0 Å². The lowest BCUT2D eigenvalue weighted by Gasteiger charge is -2.33. The molecule has 0 radical (unpaired) electrons. The van der Waals surface area contributed by atoms with Gasteiger partial charge in [-0.2, -0.15) is 0 Å². The summed E-state index contributed by atoms with van der Waals surface area (Å²) in [5.74, 6) is 1.54. The first-order chi connectivity index (χ1) is 10.2. The summed E-state index contributed by atoms with van der Waals surface area (Å²) in [4.78, 5) is 14.9. The van der Waals surface area contributed by atoms with Crippen molar-refractivity contribution < 1.29 is 4.79 Å². The van der Waals surface area contributed by atoms with Crippen molar-refractivity contribution in [3.63, 3.8) is 0 Å². The number of carbonyl (C=O) groups excluding carboxylic acids is 1. The zero-order valence-corrected chi connectivity index (χ0v) is 13.4. The Morgan fingerprint density at radius 3 is 2.43 bits per heavy atom. The fourth-order valence-electron chi connectivity index (χ4n) is 4.01. The Balaban J connectivity index is 1.35. The van der Waals surface area contributed by atoms with Crippen molar-refractivity contribution in [2.75, 3.05) is 26.2 Å². The molecule has 1 saturated carbocycles. The molecule has 1 atom stereocenters. The normalized spacial score (nSPS) is 27.5. The number of piperidine rings is 2. The average Bonchev–Trinajstić information content (AvgIpc) is 3.33. The summed E-state index contributed by atoms with van der Waals surface area (Å²) in [5, 5.41) is 6.69. The zero-order chi connectivity index (χ0) is 14.7. The fraction of sp³-hybridized carbons (Fsp3) is 0.941. The fourth-order valence-corrected chi connectivity index (χ4v) is 4.01. The molecule has 21 heavy (non-hydrogen) atoms. The molecule has 2 heterocycles. The molecule has 2 aliphatic heterocycles. The lowest BCUT2D eigenvalue weighted by Crippen LogP contribution is -2.45. The second kappa shape index (κ2) is 7.10. The number of nitrogens with zero attached hydrogens (tertiary/aromatic N) is 1. The lowest BCUT2D eigenvalue weighted by molar-refractivity contribution is -0.123. The van der Waals surface area contributed by atoms with Gasteiger partial charge >= 0.3 is 0 Å². The second-order valence-corrected chi connectivity index (χ2v) is 7.38. The molecule has 0 aromatic rings. The molecule has 0 spiro atoms. The maximum Gasteiger partial charge on any atom is 0.220 e. The summed E-state index contributed by atoms with van der Waals surface area (Å²) in [6.07, 6.45) is 8.25. The number of nitrogens with one attached hydrogen (secondary N) is 2. The maximum absolute atomic E-state index is 12.3. The van der Waals surface area contributed by atoms with Crippen molar-refractivity contribution in [2.24, 2.45) is 11.8 Å². The number of likely N-dealkylation sites (tertiary alicyclic amines) is 1. The molecule has 4 nitrogen and oxygen atoms in total.